The van der Waals surface area contributed by atoms with Crippen molar-refractivity contribution in [3.8, 4) is 0 Å². The first-order chi connectivity index (χ1) is 10.5. The molecule has 0 radical (unpaired) electrons. The van der Waals surface area contributed by atoms with Gasteiger partial charge >= 0.3 is 0 Å². The Hall–Kier alpha value is -1.35. The lowest BCUT2D eigenvalue weighted by Crippen LogP contribution is -2.42. The number of amides is 1. The summed E-state index contributed by atoms with van der Waals surface area (Å²) in [7, 11) is 2.07. The second-order valence-corrected chi connectivity index (χ2v) is 6.25. The number of hydrogen-bond donors (Lipinski definition) is 1. The van der Waals surface area contributed by atoms with Crippen molar-refractivity contribution in [2.75, 3.05) is 18.9 Å². The van der Waals surface area contributed by atoms with E-state index in [1.54, 1.807) is 0 Å². The third-order valence-electron chi connectivity index (χ3n) is 4.26. The molecular weight excluding hydrogens is 272 g/mol. The molecule has 1 aromatic rings. The molecular formula is C19H32N2O. The fourth-order valence-electron chi connectivity index (χ4n) is 2.73. The molecule has 1 rings (SSSR count). The number of unbranched alkanes of at least 4 members (excludes halogenated alkanes) is 2. The Labute approximate surface area is 136 Å². The molecule has 3 heteroatoms. The normalized spacial score (nSPS) is 12.5. The van der Waals surface area contributed by atoms with Crippen molar-refractivity contribution >= 4 is 11.6 Å². The van der Waals surface area contributed by atoms with Crippen LogP contribution in [0.5, 0.6) is 0 Å². The third-order valence-corrected chi connectivity index (χ3v) is 4.26. The van der Waals surface area contributed by atoms with Crippen LogP contribution in [0, 0.1) is 13.8 Å². The maximum atomic E-state index is 12.8. The number of hydrogen-bond acceptors (Lipinski definition) is 2. The van der Waals surface area contributed by atoms with Crippen LogP contribution in [-0.4, -0.2) is 30.4 Å². The van der Waals surface area contributed by atoms with Crippen LogP contribution in [0.4, 0.5) is 5.69 Å². The van der Waals surface area contributed by atoms with Gasteiger partial charge in [-0.3, -0.25) is 9.69 Å². The Kier molecular flexibility index (Phi) is 8.18. The Morgan fingerprint density at radius 2 is 1.73 bits per heavy atom. The molecule has 0 bridgehead atoms. The molecule has 124 valence electrons. The number of carbonyl (C=O) groups is 1. The average Bonchev–Trinajstić information content (AvgIpc) is 2.49. The monoisotopic (exact) mass is 304 g/mol. The van der Waals surface area contributed by atoms with Crippen LogP contribution in [0.15, 0.2) is 18.2 Å². The average molecular weight is 304 g/mol. The van der Waals surface area contributed by atoms with Crippen LogP contribution >= 0.6 is 0 Å². The van der Waals surface area contributed by atoms with Gasteiger partial charge in [0.2, 0.25) is 5.91 Å². The predicted octanol–water partition coefficient (Wildman–Crippen LogP) is 4.53. The topological polar surface area (TPSA) is 32.3 Å². The van der Waals surface area contributed by atoms with Crippen LogP contribution in [0.3, 0.4) is 0 Å². The number of nitrogens with one attached hydrogen (secondary N) is 1. The molecule has 1 atom stereocenters. The largest absolute Gasteiger partial charge is 0.324 e. The van der Waals surface area contributed by atoms with E-state index < -0.39 is 0 Å². The minimum Gasteiger partial charge on any atom is -0.324 e. The number of carbonyl (C=O) groups excluding carboxylic acids is 1. The van der Waals surface area contributed by atoms with E-state index in [4.69, 9.17) is 0 Å². The highest BCUT2D eigenvalue weighted by atomic mass is 16.2. The number of benzene rings is 1. The van der Waals surface area contributed by atoms with Gasteiger partial charge in [0.1, 0.15) is 0 Å². The minimum absolute atomic E-state index is 0.0366. The summed E-state index contributed by atoms with van der Waals surface area (Å²) in [6, 6.07) is 6.09. The highest BCUT2D eigenvalue weighted by molar-refractivity contribution is 5.96. The zero-order valence-electron chi connectivity index (χ0n) is 14.9. The molecule has 0 fully saturated rings. The zero-order valence-corrected chi connectivity index (χ0v) is 14.9. The third kappa shape index (κ3) is 5.45. The number of anilines is 1. The van der Waals surface area contributed by atoms with Gasteiger partial charge in [-0.15, -0.1) is 0 Å². The summed E-state index contributed by atoms with van der Waals surface area (Å²) >= 11 is 0. The molecule has 1 amide bonds. The van der Waals surface area contributed by atoms with Crippen molar-refractivity contribution < 1.29 is 4.79 Å². The fraction of sp³-hybridized carbons (Fsp3) is 0.632. The van der Waals surface area contributed by atoms with Crippen molar-refractivity contribution in [1.29, 1.82) is 0 Å². The minimum atomic E-state index is -0.0366. The number of aryl methyl sites for hydroxylation is 2. The van der Waals surface area contributed by atoms with E-state index in [9.17, 15) is 4.79 Å². The summed E-state index contributed by atoms with van der Waals surface area (Å²) in [5, 5.41) is 3.16. The molecule has 0 heterocycles. The first kappa shape index (κ1) is 18.7. The van der Waals surface area contributed by atoms with Crippen LogP contribution in [0.25, 0.3) is 0 Å². The van der Waals surface area contributed by atoms with Crippen LogP contribution in [0.2, 0.25) is 0 Å². The first-order valence-electron chi connectivity index (χ1n) is 8.58. The van der Waals surface area contributed by atoms with Crippen LogP contribution < -0.4 is 5.32 Å². The lowest BCUT2D eigenvalue weighted by atomic mass is 10.1. The molecule has 0 aliphatic carbocycles. The molecule has 0 spiro atoms. The van der Waals surface area contributed by atoms with Gasteiger partial charge in [0.25, 0.3) is 0 Å². The first-order valence-corrected chi connectivity index (χ1v) is 8.58. The predicted molar refractivity (Wildman–Crippen MR) is 95.4 cm³/mol. The number of likely N-dealkylation sites (N-methyl/N-ethyl adjacent to an activating group) is 1. The van der Waals surface area contributed by atoms with Crippen molar-refractivity contribution in [2.45, 2.75) is 65.8 Å². The maximum absolute atomic E-state index is 12.8. The van der Waals surface area contributed by atoms with Crippen molar-refractivity contribution in [1.82, 2.24) is 4.90 Å². The van der Waals surface area contributed by atoms with Gasteiger partial charge in [0, 0.05) is 5.69 Å². The summed E-state index contributed by atoms with van der Waals surface area (Å²) in [4.78, 5) is 15.0. The molecule has 1 unspecified atom stereocenters. The van der Waals surface area contributed by atoms with E-state index in [1.165, 1.54) is 0 Å². The van der Waals surface area contributed by atoms with Gasteiger partial charge in [-0.25, -0.2) is 0 Å². The quantitative estimate of drug-likeness (QED) is 0.727. The van der Waals surface area contributed by atoms with Crippen molar-refractivity contribution in [3.05, 3.63) is 29.3 Å². The Morgan fingerprint density at radius 3 is 2.27 bits per heavy atom. The molecule has 0 saturated heterocycles. The Morgan fingerprint density at radius 1 is 1.14 bits per heavy atom. The standard InChI is InChI=1S/C19H32N2O/c1-6-8-13-17(21(5)14-9-7-2)19(22)20-18-15(3)11-10-12-16(18)4/h10-12,17H,6-9,13-14H2,1-5H3,(H,20,22). The molecule has 1 aromatic carbocycles. The SMILES string of the molecule is CCCCC(C(=O)Nc1c(C)cccc1C)N(C)CCCC. The highest BCUT2D eigenvalue weighted by Gasteiger charge is 2.23. The van der Waals surface area contributed by atoms with Crippen LogP contribution in [0.1, 0.15) is 57.1 Å². The number of para-hydroxylation sites is 1. The molecule has 1 N–H and O–H groups in total. The molecule has 0 aliphatic rings. The smallest absolute Gasteiger partial charge is 0.241 e. The second kappa shape index (κ2) is 9.62. The van der Waals surface area contributed by atoms with Crippen molar-refractivity contribution in [2.24, 2.45) is 0 Å². The second-order valence-electron chi connectivity index (χ2n) is 6.25. The fourth-order valence-corrected chi connectivity index (χ4v) is 2.73. The summed E-state index contributed by atoms with van der Waals surface area (Å²) in [6.45, 7) is 9.43. The van der Waals surface area contributed by atoms with E-state index in [0.717, 1.165) is 55.5 Å². The molecule has 22 heavy (non-hydrogen) atoms. The van der Waals surface area contributed by atoms with E-state index in [0.29, 0.717) is 0 Å². The number of nitrogens with zero attached hydrogens (tertiary/aromatic N) is 1. The Bertz CT molecular complexity index is 450. The van der Waals surface area contributed by atoms with E-state index in [2.05, 4.69) is 31.1 Å². The van der Waals surface area contributed by atoms with Gasteiger partial charge in [0.15, 0.2) is 0 Å². The van der Waals surface area contributed by atoms with Gasteiger partial charge in [-0.05, 0) is 51.4 Å². The summed E-state index contributed by atoms with van der Waals surface area (Å²) in [5.74, 6) is 0.129. The van der Waals surface area contributed by atoms with Gasteiger partial charge in [0.05, 0.1) is 6.04 Å². The van der Waals surface area contributed by atoms with Crippen LogP contribution in [-0.2, 0) is 4.79 Å². The molecule has 0 aliphatic heterocycles. The molecule has 3 nitrogen and oxygen atoms in total. The van der Waals surface area contributed by atoms with E-state index in [1.807, 2.05) is 32.0 Å². The van der Waals surface area contributed by atoms with Gasteiger partial charge in [-0.1, -0.05) is 51.3 Å². The Balaban J connectivity index is 2.82. The van der Waals surface area contributed by atoms with Crippen molar-refractivity contribution in [3.63, 3.8) is 0 Å². The number of rotatable bonds is 9. The summed E-state index contributed by atoms with van der Waals surface area (Å²) < 4.78 is 0. The molecule has 0 saturated carbocycles. The van der Waals surface area contributed by atoms with E-state index >= 15 is 0 Å². The highest BCUT2D eigenvalue weighted by Crippen LogP contribution is 2.21. The summed E-state index contributed by atoms with van der Waals surface area (Å²) in [5.41, 5.74) is 3.22. The summed E-state index contributed by atoms with van der Waals surface area (Å²) in [6.07, 6.45) is 5.42. The lowest BCUT2D eigenvalue weighted by molar-refractivity contribution is -0.121. The maximum Gasteiger partial charge on any atom is 0.241 e. The van der Waals surface area contributed by atoms with Gasteiger partial charge in [-0.2, -0.15) is 0 Å². The van der Waals surface area contributed by atoms with Gasteiger partial charge < -0.3 is 5.32 Å². The zero-order chi connectivity index (χ0) is 16.5. The lowest BCUT2D eigenvalue weighted by Gasteiger charge is -2.27. The van der Waals surface area contributed by atoms with E-state index in [-0.39, 0.29) is 11.9 Å². The molecule has 0 aromatic heterocycles.